The summed E-state index contributed by atoms with van der Waals surface area (Å²) in [6.07, 6.45) is -3.45. The minimum Gasteiger partial charge on any atom is -0.311 e. The van der Waals surface area contributed by atoms with Gasteiger partial charge in [0.2, 0.25) is 0 Å². The largest absolute Gasteiger partial charge is 0.416 e. The summed E-state index contributed by atoms with van der Waals surface area (Å²) < 4.78 is 41.2. The average Bonchev–Trinajstić information content (AvgIpc) is 2.79. The SMILES string of the molecule is N#Cc1cccc(CN2C[C@@H]3C[C@H](C2)c2ccc(-c4cccc(C(F)(F)F)c4)c(=O)n2C3)c1. The van der Waals surface area contributed by atoms with E-state index in [-0.39, 0.29) is 11.5 Å². The van der Waals surface area contributed by atoms with E-state index in [2.05, 4.69) is 11.0 Å². The highest BCUT2D eigenvalue weighted by Crippen LogP contribution is 2.37. The Morgan fingerprint density at radius 1 is 1.00 bits per heavy atom. The maximum Gasteiger partial charge on any atom is 0.416 e. The minimum atomic E-state index is -4.45. The zero-order valence-corrected chi connectivity index (χ0v) is 17.8. The third kappa shape index (κ3) is 4.19. The van der Waals surface area contributed by atoms with Crippen molar-refractivity contribution in [2.75, 3.05) is 13.1 Å². The van der Waals surface area contributed by atoms with Gasteiger partial charge in [0.1, 0.15) is 0 Å². The van der Waals surface area contributed by atoms with Gasteiger partial charge in [-0.2, -0.15) is 18.4 Å². The lowest BCUT2D eigenvalue weighted by Gasteiger charge is -2.43. The van der Waals surface area contributed by atoms with Crippen LogP contribution in [0.25, 0.3) is 11.1 Å². The summed E-state index contributed by atoms with van der Waals surface area (Å²) in [5.41, 5.74) is 2.29. The van der Waals surface area contributed by atoms with Crippen LogP contribution in [-0.2, 0) is 19.3 Å². The summed E-state index contributed by atoms with van der Waals surface area (Å²) in [6.45, 7) is 2.95. The molecule has 3 aromatic rings. The lowest BCUT2D eigenvalue weighted by atomic mass is 9.82. The molecule has 1 fully saturated rings. The first-order valence-corrected chi connectivity index (χ1v) is 10.9. The van der Waals surface area contributed by atoms with Crippen LogP contribution in [-0.4, -0.2) is 22.6 Å². The minimum absolute atomic E-state index is 0.194. The summed E-state index contributed by atoms with van der Waals surface area (Å²) in [5, 5.41) is 9.14. The molecular weight excluding hydrogens is 427 g/mol. The number of pyridine rings is 1. The van der Waals surface area contributed by atoms with Crippen LogP contribution in [0.5, 0.6) is 0 Å². The number of rotatable bonds is 3. The molecule has 3 heterocycles. The van der Waals surface area contributed by atoms with Crippen molar-refractivity contribution in [3.05, 3.63) is 93.4 Å². The molecule has 0 amide bonds. The van der Waals surface area contributed by atoms with Crippen molar-refractivity contribution in [3.8, 4) is 17.2 Å². The Morgan fingerprint density at radius 2 is 1.82 bits per heavy atom. The number of aromatic nitrogens is 1. The quantitative estimate of drug-likeness (QED) is 0.564. The van der Waals surface area contributed by atoms with Gasteiger partial charge < -0.3 is 4.57 Å². The van der Waals surface area contributed by atoms with E-state index in [1.54, 1.807) is 22.8 Å². The third-order valence-electron chi connectivity index (χ3n) is 6.64. The van der Waals surface area contributed by atoms with E-state index in [1.807, 2.05) is 24.3 Å². The van der Waals surface area contributed by atoms with Crippen LogP contribution in [0.1, 0.15) is 34.7 Å². The zero-order chi connectivity index (χ0) is 23.2. The lowest BCUT2D eigenvalue weighted by Crippen LogP contribution is -2.46. The maximum atomic E-state index is 13.3. The van der Waals surface area contributed by atoms with Crippen molar-refractivity contribution in [3.63, 3.8) is 0 Å². The molecule has 0 N–H and O–H groups in total. The number of nitriles is 1. The first-order chi connectivity index (χ1) is 15.8. The number of fused-ring (bicyclic) bond motifs is 4. The van der Waals surface area contributed by atoms with Crippen molar-refractivity contribution in [1.82, 2.24) is 9.47 Å². The molecule has 1 saturated heterocycles. The molecule has 2 aliphatic heterocycles. The van der Waals surface area contributed by atoms with E-state index in [9.17, 15) is 18.0 Å². The molecule has 2 atom stereocenters. The predicted molar refractivity (Wildman–Crippen MR) is 118 cm³/mol. The fourth-order valence-electron chi connectivity index (χ4n) is 5.25. The standard InChI is InChI=1S/C26H22F3N3O/c27-26(28,29)22-6-2-5-20(11-22)23-7-8-24-21-10-19(15-32(24)25(23)33)14-31(16-21)13-18-4-1-3-17(9-18)12-30/h1-9,11,19,21H,10,13-16H2/t19-,21+/m0/s1. The number of nitrogens with zero attached hydrogens (tertiary/aromatic N) is 3. The third-order valence-corrected chi connectivity index (χ3v) is 6.64. The fraction of sp³-hybridized carbons (Fsp3) is 0.308. The number of alkyl halides is 3. The number of hydrogen-bond acceptors (Lipinski definition) is 3. The molecule has 0 unspecified atom stereocenters. The number of piperidine rings is 1. The number of benzene rings is 2. The predicted octanol–water partition coefficient (Wildman–Crippen LogP) is 5.03. The second-order valence-corrected chi connectivity index (χ2v) is 8.97. The number of halogens is 3. The van der Waals surface area contributed by atoms with E-state index in [0.717, 1.165) is 49.4 Å². The van der Waals surface area contributed by atoms with Crippen molar-refractivity contribution >= 4 is 0 Å². The normalized spacial score (nSPS) is 20.2. The van der Waals surface area contributed by atoms with E-state index in [4.69, 9.17) is 5.26 Å². The van der Waals surface area contributed by atoms with Crippen LogP contribution in [0.15, 0.2) is 65.5 Å². The molecule has 2 aliphatic rings. The smallest absolute Gasteiger partial charge is 0.311 e. The molecule has 168 valence electrons. The Balaban J connectivity index is 1.42. The van der Waals surface area contributed by atoms with Crippen molar-refractivity contribution < 1.29 is 13.2 Å². The molecule has 0 aliphatic carbocycles. The highest BCUT2D eigenvalue weighted by atomic mass is 19.4. The van der Waals surface area contributed by atoms with Crippen molar-refractivity contribution in [2.45, 2.75) is 31.6 Å². The summed E-state index contributed by atoms with van der Waals surface area (Å²) in [5.74, 6) is 0.491. The molecule has 0 radical (unpaired) electrons. The Labute approximate surface area is 189 Å². The van der Waals surface area contributed by atoms with Crippen molar-refractivity contribution in [1.29, 1.82) is 5.26 Å². The summed E-state index contributed by atoms with van der Waals surface area (Å²) >= 11 is 0. The van der Waals surface area contributed by atoms with Crippen LogP contribution in [0.4, 0.5) is 13.2 Å². The van der Waals surface area contributed by atoms with Gasteiger partial charge in [-0.05, 0) is 59.9 Å². The second kappa shape index (κ2) is 8.20. The molecule has 2 aromatic carbocycles. The first-order valence-electron chi connectivity index (χ1n) is 10.9. The average molecular weight is 449 g/mol. The molecule has 0 saturated carbocycles. The van der Waals surface area contributed by atoms with E-state index < -0.39 is 11.7 Å². The number of likely N-dealkylation sites (tertiary alicyclic amines) is 1. The van der Waals surface area contributed by atoms with Crippen LogP contribution < -0.4 is 5.56 Å². The van der Waals surface area contributed by atoms with Gasteiger partial charge in [0.25, 0.3) is 5.56 Å². The molecular formula is C26H22F3N3O. The fourth-order valence-corrected chi connectivity index (χ4v) is 5.25. The summed E-state index contributed by atoms with van der Waals surface area (Å²) in [6, 6.07) is 18.3. The highest BCUT2D eigenvalue weighted by molar-refractivity contribution is 5.63. The van der Waals surface area contributed by atoms with E-state index in [0.29, 0.717) is 29.2 Å². The van der Waals surface area contributed by atoms with Gasteiger partial charge in [-0.15, -0.1) is 0 Å². The Kier molecular flexibility index (Phi) is 5.34. The molecule has 1 aromatic heterocycles. The molecule has 33 heavy (non-hydrogen) atoms. The first kappa shape index (κ1) is 21.5. The molecule has 4 nitrogen and oxygen atoms in total. The highest BCUT2D eigenvalue weighted by Gasteiger charge is 2.35. The number of hydrogen-bond donors (Lipinski definition) is 0. The van der Waals surface area contributed by atoms with E-state index in [1.165, 1.54) is 6.07 Å². The summed E-state index contributed by atoms with van der Waals surface area (Å²) in [7, 11) is 0. The van der Waals surface area contributed by atoms with Crippen LogP contribution in [0, 0.1) is 17.2 Å². The molecule has 0 spiro atoms. The van der Waals surface area contributed by atoms with Gasteiger partial charge in [0.05, 0.1) is 17.2 Å². The van der Waals surface area contributed by atoms with E-state index >= 15 is 0 Å². The Hall–Kier alpha value is -3.37. The Morgan fingerprint density at radius 3 is 2.61 bits per heavy atom. The topological polar surface area (TPSA) is 49.0 Å². The maximum absolute atomic E-state index is 13.3. The second-order valence-electron chi connectivity index (χ2n) is 8.97. The molecule has 7 heteroatoms. The van der Waals surface area contributed by atoms with Crippen LogP contribution >= 0.6 is 0 Å². The monoisotopic (exact) mass is 449 g/mol. The van der Waals surface area contributed by atoms with Gasteiger partial charge in [-0.25, -0.2) is 0 Å². The van der Waals surface area contributed by atoms with Crippen LogP contribution in [0.2, 0.25) is 0 Å². The van der Waals surface area contributed by atoms with Crippen molar-refractivity contribution in [2.24, 2.45) is 5.92 Å². The zero-order valence-electron chi connectivity index (χ0n) is 17.8. The summed E-state index contributed by atoms with van der Waals surface area (Å²) in [4.78, 5) is 15.7. The van der Waals surface area contributed by atoms with Crippen LogP contribution in [0.3, 0.4) is 0 Å². The lowest BCUT2D eigenvalue weighted by molar-refractivity contribution is -0.137. The van der Waals surface area contributed by atoms with Gasteiger partial charge >= 0.3 is 6.18 Å². The Bertz CT molecular complexity index is 1310. The molecule has 5 rings (SSSR count). The van der Waals surface area contributed by atoms with Gasteiger partial charge in [-0.3, -0.25) is 9.69 Å². The van der Waals surface area contributed by atoms with Gasteiger partial charge in [-0.1, -0.05) is 24.3 Å². The molecule has 2 bridgehead atoms. The van der Waals surface area contributed by atoms with Gasteiger partial charge in [0.15, 0.2) is 0 Å². The van der Waals surface area contributed by atoms with Gasteiger partial charge in [0, 0.05) is 43.4 Å².